The molecule has 1 saturated heterocycles. The third-order valence-corrected chi connectivity index (χ3v) is 8.00. The molecule has 0 saturated carbocycles. The molecule has 0 aromatic carbocycles. The van der Waals surface area contributed by atoms with Crippen molar-refractivity contribution in [1.29, 1.82) is 0 Å². The van der Waals surface area contributed by atoms with Gasteiger partial charge in [-0.05, 0) is 43.2 Å². The van der Waals surface area contributed by atoms with Crippen LogP contribution in [-0.4, -0.2) is 51.6 Å². The molecule has 0 bridgehead atoms. The minimum atomic E-state index is -3.07. The number of hydrogen-bond acceptors (Lipinski definition) is 7. The summed E-state index contributed by atoms with van der Waals surface area (Å²) in [5, 5.41) is 9.30. The maximum atomic E-state index is 12.9. The van der Waals surface area contributed by atoms with E-state index in [9.17, 15) is 13.2 Å². The number of unbranched alkanes of at least 4 members (excludes halogenated alkanes) is 1. The van der Waals surface area contributed by atoms with Gasteiger partial charge >= 0.3 is 0 Å². The maximum absolute atomic E-state index is 12.9. The molecule has 4 rings (SSSR count). The second kappa shape index (κ2) is 8.88. The van der Waals surface area contributed by atoms with Crippen LogP contribution in [0, 0.1) is 6.92 Å². The Bertz CT molecular complexity index is 1190. The third kappa shape index (κ3) is 4.69. The maximum Gasteiger partial charge on any atom is 0.255 e. The fourth-order valence-electron chi connectivity index (χ4n) is 3.69. The van der Waals surface area contributed by atoms with Crippen LogP contribution in [0.1, 0.15) is 47.8 Å². The number of carbonyl (C=O) groups is 1. The molecule has 0 radical (unpaired) electrons. The van der Waals surface area contributed by atoms with Gasteiger partial charge in [-0.1, -0.05) is 19.4 Å². The van der Waals surface area contributed by atoms with Gasteiger partial charge in [-0.2, -0.15) is 5.10 Å². The van der Waals surface area contributed by atoms with Crippen molar-refractivity contribution in [3.05, 3.63) is 46.7 Å². The number of rotatable bonds is 7. The van der Waals surface area contributed by atoms with Crippen molar-refractivity contribution in [2.75, 3.05) is 11.5 Å². The third-order valence-electron chi connectivity index (χ3n) is 5.35. The number of hydrogen-bond donors (Lipinski definition) is 1. The highest BCUT2D eigenvalue weighted by atomic mass is 32.2. The van der Waals surface area contributed by atoms with Gasteiger partial charge in [0.2, 0.25) is 0 Å². The largest absolute Gasteiger partial charge is 0.348 e. The summed E-state index contributed by atoms with van der Waals surface area (Å²) in [5.41, 5.74) is 2.99. The minimum absolute atomic E-state index is 0.0115. The van der Waals surface area contributed by atoms with E-state index in [4.69, 9.17) is 4.98 Å². The minimum Gasteiger partial charge on any atom is -0.348 e. The number of thiophene rings is 1. The molecule has 3 aromatic heterocycles. The average Bonchev–Trinajstić information content (AvgIpc) is 3.47. The van der Waals surface area contributed by atoms with Crippen LogP contribution in [0.3, 0.4) is 0 Å². The van der Waals surface area contributed by atoms with E-state index >= 15 is 0 Å². The van der Waals surface area contributed by atoms with Crippen molar-refractivity contribution >= 4 is 27.1 Å². The Balaban J connectivity index is 1.67. The number of aromatic nitrogens is 4. The number of carbonyl (C=O) groups excluding carboxylic acids is 1. The Labute approximate surface area is 185 Å². The molecule has 8 nitrogen and oxygen atoms in total. The van der Waals surface area contributed by atoms with E-state index in [0.717, 1.165) is 34.7 Å². The molecule has 31 heavy (non-hydrogen) atoms. The lowest BCUT2D eigenvalue weighted by Crippen LogP contribution is -2.36. The Morgan fingerprint density at radius 3 is 2.87 bits per heavy atom. The van der Waals surface area contributed by atoms with E-state index < -0.39 is 9.84 Å². The summed E-state index contributed by atoms with van der Waals surface area (Å²) in [5.74, 6) is 0.220. The van der Waals surface area contributed by atoms with E-state index in [1.165, 1.54) is 6.20 Å². The summed E-state index contributed by atoms with van der Waals surface area (Å²) in [4.78, 5) is 23.2. The summed E-state index contributed by atoms with van der Waals surface area (Å²) < 4.78 is 25.1. The van der Waals surface area contributed by atoms with Gasteiger partial charge in [0, 0.05) is 12.2 Å². The molecule has 1 unspecified atom stereocenters. The molecule has 4 heterocycles. The highest BCUT2D eigenvalue weighted by Crippen LogP contribution is 2.26. The molecule has 1 amide bonds. The van der Waals surface area contributed by atoms with Gasteiger partial charge in [0.25, 0.3) is 11.9 Å². The lowest BCUT2D eigenvalue weighted by molar-refractivity contribution is 0.0940. The smallest absolute Gasteiger partial charge is 0.255 e. The first kappa shape index (κ1) is 21.6. The Morgan fingerprint density at radius 1 is 1.35 bits per heavy atom. The van der Waals surface area contributed by atoms with E-state index in [-0.39, 0.29) is 23.5 Å². The van der Waals surface area contributed by atoms with Crippen molar-refractivity contribution in [2.45, 2.75) is 45.6 Å². The van der Waals surface area contributed by atoms with Crippen LogP contribution in [0.4, 0.5) is 0 Å². The molecule has 1 aliphatic rings. The monoisotopic (exact) mass is 459 g/mol. The van der Waals surface area contributed by atoms with Gasteiger partial charge in [-0.25, -0.2) is 23.1 Å². The van der Waals surface area contributed by atoms with Crippen LogP contribution >= 0.6 is 11.3 Å². The summed E-state index contributed by atoms with van der Waals surface area (Å²) in [7, 11) is -3.07. The second-order valence-corrected chi connectivity index (χ2v) is 10.9. The van der Waals surface area contributed by atoms with Crippen LogP contribution in [-0.2, 0) is 16.3 Å². The fraction of sp³-hybridized carbons (Fsp3) is 0.429. The highest BCUT2D eigenvalue weighted by molar-refractivity contribution is 7.91. The van der Waals surface area contributed by atoms with E-state index in [0.29, 0.717) is 24.4 Å². The van der Waals surface area contributed by atoms with Crippen LogP contribution in [0.5, 0.6) is 0 Å². The van der Waals surface area contributed by atoms with E-state index in [2.05, 4.69) is 22.3 Å². The van der Waals surface area contributed by atoms with Crippen molar-refractivity contribution < 1.29 is 13.2 Å². The first-order chi connectivity index (χ1) is 14.9. The molecular weight excluding hydrogens is 434 g/mol. The quantitative estimate of drug-likeness (QED) is 0.582. The molecule has 0 aliphatic carbocycles. The lowest BCUT2D eigenvalue weighted by Gasteiger charge is -2.12. The van der Waals surface area contributed by atoms with Gasteiger partial charge in [0.1, 0.15) is 0 Å². The molecule has 1 aliphatic heterocycles. The molecular formula is C21H25N5O3S2. The number of amides is 1. The molecule has 1 N–H and O–H groups in total. The zero-order valence-electron chi connectivity index (χ0n) is 17.5. The Morgan fingerprint density at radius 2 is 2.19 bits per heavy atom. The predicted molar refractivity (Wildman–Crippen MR) is 120 cm³/mol. The van der Waals surface area contributed by atoms with Crippen LogP contribution in [0.25, 0.3) is 16.5 Å². The van der Waals surface area contributed by atoms with Gasteiger partial charge < -0.3 is 5.32 Å². The molecule has 164 valence electrons. The van der Waals surface area contributed by atoms with E-state index in [1.807, 2.05) is 24.4 Å². The number of nitrogens with one attached hydrogen (secondary N) is 1. The molecule has 3 aromatic rings. The standard InChI is InChI=1S/C21H25N5O3S2/c1-3-4-6-17-16(20(27)24-15-8-10-31(28,29)13-15)12-23-26(17)21-22-11-14(2)19(25-21)18-7-5-9-30-18/h5,7,9,11-12,15H,3-4,6,8,10,13H2,1-2H3,(H,24,27). The van der Waals surface area contributed by atoms with Gasteiger partial charge in [-0.3, -0.25) is 4.79 Å². The number of nitrogens with zero attached hydrogens (tertiary/aromatic N) is 4. The van der Waals surface area contributed by atoms with Crippen LogP contribution in [0.2, 0.25) is 0 Å². The first-order valence-electron chi connectivity index (χ1n) is 10.3. The van der Waals surface area contributed by atoms with Crippen LogP contribution in [0.15, 0.2) is 29.9 Å². The van der Waals surface area contributed by atoms with E-state index in [1.54, 1.807) is 22.2 Å². The van der Waals surface area contributed by atoms with Gasteiger partial charge in [-0.15, -0.1) is 11.3 Å². The topological polar surface area (TPSA) is 107 Å². The molecule has 1 fully saturated rings. The number of sulfone groups is 1. The number of aryl methyl sites for hydroxylation is 1. The Hall–Kier alpha value is -2.59. The van der Waals surface area contributed by atoms with Crippen molar-refractivity contribution in [1.82, 2.24) is 25.1 Å². The fourth-order valence-corrected chi connectivity index (χ4v) is 6.14. The average molecular weight is 460 g/mol. The summed E-state index contributed by atoms with van der Waals surface area (Å²) in [6, 6.07) is 3.63. The molecule has 0 spiro atoms. The van der Waals surface area contributed by atoms with Crippen molar-refractivity contribution in [2.24, 2.45) is 0 Å². The SMILES string of the molecule is CCCCc1c(C(=O)NC2CCS(=O)(=O)C2)cnn1-c1ncc(C)c(-c2cccs2)n1. The zero-order chi connectivity index (χ0) is 22.0. The summed E-state index contributed by atoms with van der Waals surface area (Å²) in [6.45, 7) is 4.05. The molecule has 10 heteroatoms. The second-order valence-electron chi connectivity index (χ2n) is 7.77. The van der Waals surface area contributed by atoms with Crippen molar-refractivity contribution in [3.63, 3.8) is 0 Å². The highest BCUT2D eigenvalue weighted by Gasteiger charge is 2.30. The first-order valence-corrected chi connectivity index (χ1v) is 13.0. The van der Waals surface area contributed by atoms with Gasteiger partial charge in [0.05, 0.1) is 39.5 Å². The normalized spacial score (nSPS) is 17.7. The zero-order valence-corrected chi connectivity index (χ0v) is 19.2. The van der Waals surface area contributed by atoms with Crippen LogP contribution < -0.4 is 5.32 Å². The molecule has 1 atom stereocenters. The summed E-state index contributed by atoms with van der Waals surface area (Å²) >= 11 is 1.61. The summed E-state index contributed by atoms with van der Waals surface area (Å²) in [6.07, 6.45) is 6.23. The predicted octanol–water partition coefficient (Wildman–Crippen LogP) is 2.96. The lowest BCUT2D eigenvalue weighted by atomic mass is 10.1. The van der Waals surface area contributed by atoms with Crippen molar-refractivity contribution in [3.8, 4) is 16.5 Å². The van der Waals surface area contributed by atoms with Gasteiger partial charge in [0.15, 0.2) is 9.84 Å². The Kier molecular flexibility index (Phi) is 6.19.